The molecule has 2 rings (SSSR count). The first-order valence-corrected chi connectivity index (χ1v) is 7.59. The van der Waals surface area contributed by atoms with Gasteiger partial charge < -0.3 is 10.6 Å². The Morgan fingerprint density at radius 2 is 2.10 bits per heavy atom. The Kier molecular flexibility index (Phi) is 5.12. The minimum atomic E-state index is -0.285. The highest BCUT2D eigenvalue weighted by Crippen LogP contribution is 2.29. The van der Waals surface area contributed by atoms with Crippen LogP contribution in [0.3, 0.4) is 0 Å². The molecule has 0 aliphatic heterocycles. The van der Waals surface area contributed by atoms with Crippen LogP contribution in [-0.2, 0) is 11.3 Å². The highest BCUT2D eigenvalue weighted by molar-refractivity contribution is 5.77. The van der Waals surface area contributed by atoms with Crippen LogP contribution in [0.25, 0.3) is 0 Å². The Hall–Kier alpha value is -1.42. The Morgan fingerprint density at radius 3 is 2.70 bits per heavy atom. The van der Waals surface area contributed by atoms with E-state index in [4.69, 9.17) is 5.73 Å². The van der Waals surface area contributed by atoms with Crippen molar-refractivity contribution >= 4 is 5.91 Å². The number of nitrogens with two attached hydrogens (primary N) is 1. The average molecular weight is 275 g/mol. The maximum Gasteiger partial charge on any atom is 0.224 e. The summed E-state index contributed by atoms with van der Waals surface area (Å²) in [5, 5.41) is 0. The third-order valence-electron chi connectivity index (χ3n) is 4.17. The summed E-state index contributed by atoms with van der Waals surface area (Å²) in [5.74, 6) is 0.155. The molecule has 20 heavy (non-hydrogen) atoms. The lowest BCUT2D eigenvalue weighted by molar-refractivity contribution is -0.133. The van der Waals surface area contributed by atoms with Crippen molar-refractivity contribution in [2.24, 2.45) is 5.73 Å². The van der Waals surface area contributed by atoms with E-state index in [1.54, 1.807) is 6.20 Å². The van der Waals surface area contributed by atoms with Crippen molar-refractivity contribution in [1.29, 1.82) is 0 Å². The van der Waals surface area contributed by atoms with Gasteiger partial charge in [-0.2, -0.15) is 0 Å². The molecule has 110 valence electrons. The molecule has 0 atom stereocenters. The van der Waals surface area contributed by atoms with Crippen molar-refractivity contribution in [3.63, 3.8) is 0 Å². The molecule has 1 fully saturated rings. The van der Waals surface area contributed by atoms with Crippen LogP contribution in [0.15, 0.2) is 24.4 Å². The van der Waals surface area contributed by atoms with Gasteiger partial charge in [-0.3, -0.25) is 9.78 Å². The number of amides is 1. The second kappa shape index (κ2) is 6.84. The summed E-state index contributed by atoms with van der Waals surface area (Å²) >= 11 is 0. The molecule has 0 spiro atoms. The van der Waals surface area contributed by atoms with Crippen LogP contribution in [0.1, 0.15) is 51.1 Å². The molecule has 0 radical (unpaired) electrons. The van der Waals surface area contributed by atoms with E-state index in [9.17, 15) is 4.79 Å². The molecule has 1 aliphatic carbocycles. The molecule has 1 heterocycles. The maximum atomic E-state index is 12.5. The molecule has 0 bridgehead atoms. The predicted molar refractivity (Wildman–Crippen MR) is 79.9 cm³/mol. The Balaban J connectivity index is 1.95. The van der Waals surface area contributed by atoms with Gasteiger partial charge in [0.2, 0.25) is 5.91 Å². The summed E-state index contributed by atoms with van der Waals surface area (Å²) in [5.41, 5.74) is 7.03. The van der Waals surface area contributed by atoms with E-state index in [1.807, 2.05) is 30.0 Å². The van der Waals surface area contributed by atoms with E-state index in [0.717, 1.165) is 31.4 Å². The van der Waals surface area contributed by atoms with E-state index >= 15 is 0 Å². The Bertz CT molecular complexity index is 427. The van der Waals surface area contributed by atoms with E-state index in [1.165, 1.54) is 6.42 Å². The quantitative estimate of drug-likeness (QED) is 0.898. The largest absolute Gasteiger partial charge is 0.337 e. The number of rotatable bonds is 5. The lowest BCUT2D eigenvalue weighted by atomic mass is 9.80. The van der Waals surface area contributed by atoms with Gasteiger partial charge in [0.05, 0.1) is 12.2 Å². The Labute approximate surface area is 121 Å². The third kappa shape index (κ3) is 4.04. The lowest BCUT2D eigenvalue weighted by Crippen LogP contribution is -2.46. The SMILES string of the molecule is CCN(Cc1ccccn1)C(=O)CC1(N)CCCCC1. The van der Waals surface area contributed by atoms with Crippen LogP contribution >= 0.6 is 0 Å². The molecule has 1 saturated carbocycles. The number of hydrogen-bond donors (Lipinski definition) is 1. The molecule has 4 nitrogen and oxygen atoms in total. The fourth-order valence-electron chi connectivity index (χ4n) is 2.91. The van der Waals surface area contributed by atoms with Gasteiger partial charge in [0, 0.05) is 24.7 Å². The van der Waals surface area contributed by atoms with Crippen molar-refractivity contribution in [2.75, 3.05) is 6.54 Å². The number of hydrogen-bond acceptors (Lipinski definition) is 3. The number of carbonyl (C=O) groups is 1. The Morgan fingerprint density at radius 1 is 1.35 bits per heavy atom. The van der Waals surface area contributed by atoms with Crippen LogP contribution < -0.4 is 5.73 Å². The lowest BCUT2D eigenvalue weighted by Gasteiger charge is -2.34. The van der Waals surface area contributed by atoms with Crippen LogP contribution in [-0.4, -0.2) is 27.9 Å². The molecule has 0 saturated heterocycles. The van der Waals surface area contributed by atoms with Crippen molar-refractivity contribution in [2.45, 2.75) is 57.5 Å². The molecule has 1 aromatic rings. The van der Waals surface area contributed by atoms with Gasteiger partial charge in [-0.15, -0.1) is 0 Å². The second-order valence-electron chi connectivity index (χ2n) is 5.83. The summed E-state index contributed by atoms with van der Waals surface area (Å²) in [6.07, 6.45) is 7.72. The molecule has 4 heteroatoms. The first kappa shape index (κ1) is 15.0. The zero-order valence-electron chi connectivity index (χ0n) is 12.3. The predicted octanol–water partition coefficient (Wildman–Crippen LogP) is 2.48. The number of pyridine rings is 1. The molecular formula is C16H25N3O. The summed E-state index contributed by atoms with van der Waals surface area (Å²) in [6, 6.07) is 5.79. The smallest absolute Gasteiger partial charge is 0.224 e. The molecular weight excluding hydrogens is 250 g/mol. The van der Waals surface area contributed by atoms with Gasteiger partial charge in [0.15, 0.2) is 0 Å². The first-order chi connectivity index (χ1) is 9.63. The molecule has 0 unspecified atom stereocenters. The topological polar surface area (TPSA) is 59.2 Å². The highest BCUT2D eigenvalue weighted by Gasteiger charge is 2.31. The molecule has 0 aromatic carbocycles. The number of aromatic nitrogens is 1. The van der Waals surface area contributed by atoms with Gasteiger partial charge in [-0.1, -0.05) is 25.3 Å². The van der Waals surface area contributed by atoms with E-state index < -0.39 is 0 Å². The fourth-order valence-corrected chi connectivity index (χ4v) is 2.91. The molecule has 1 aliphatic rings. The summed E-state index contributed by atoms with van der Waals surface area (Å²) in [6.45, 7) is 3.28. The van der Waals surface area contributed by atoms with Crippen LogP contribution in [0, 0.1) is 0 Å². The number of nitrogens with zero attached hydrogens (tertiary/aromatic N) is 2. The zero-order chi connectivity index (χ0) is 14.4. The minimum Gasteiger partial charge on any atom is -0.337 e. The van der Waals surface area contributed by atoms with E-state index in [-0.39, 0.29) is 11.4 Å². The number of carbonyl (C=O) groups excluding carboxylic acids is 1. The van der Waals surface area contributed by atoms with Gasteiger partial charge in [-0.05, 0) is 31.9 Å². The van der Waals surface area contributed by atoms with Crippen molar-refractivity contribution in [3.05, 3.63) is 30.1 Å². The normalized spacial score (nSPS) is 17.7. The molecule has 1 amide bonds. The monoisotopic (exact) mass is 275 g/mol. The van der Waals surface area contributed by atoms with E-state index in [2.05, 4.69) is 4.98 Å². The highest BCUT2D eigenvalue weighted by atomic mass is 16.2. The second-order valence-corrected chi connectivity index (χ2v) is 5.83. The van der Waals surface area contributed by atoms with Gasteiger partial charge in [0.25, 0.3) is 0 Å². The maximum absolute atomic E-state index is 12.5. The minimum absolute atomic E-state index is 0.155. The first-order valence-electron chi connectivity index (χ1n) is 7.59. The van der Waals surface area contributed by atoms with E-state index in [0.29, 0.717) is 19.5 Å². The molecule has 1 aromatic heterocycles. The van der Waals surface area contributed by atoms with Crippen molar-refractivity contribution in [3.8, 4) is 0 Å². The van der Waals surface area contributed by atoms with Crippen LogP contribution in [0.2, 0.25) is 0 Å². The van der Waals surface area contributed by atoms with Crippen LogP contribution in [0.5, 0.6) is 0 Å². The average Bonchev–Trinajstić information content (AvgIpc) is 2.46. The molecule has 2 N–H and O–H groups in total. The van der Waals surface area contributed by atoms with Crippen LogP contribution in [0.4, 0.5) is 0 Å². The summed E-state index contributed by atoms with van der Waals surface area (Å²) in [4.78, 5) is 18.6. The summed E-state index contributed by atoms with van der Waals surface area (Å²) in [7, 11) is 0. The van der Waals surface area contributed by atoms with Gasteiger partial charge >= 0.3 is 0 Å². The standard InChI is InChI=1S/C16H25N3O/c1-2-19(13-14-8-4-7-11-18-14)15(20)12-16(17)9-5-3-6-10-16/h4,7-8,11H,2-3,5-6,9-10,12-13,17H2,1H3. The van der Waals surface area contributed by atoms with Gasteiger partial charge in [0.1, 0.15) is 0 Å². The van der Waals surface area contributed by atoms with Crippen molar-refractivity contribution < 1.29 is 4.79 Å². The fraction of sp³-hybridized carbons (Fsp3) is 0.625. The summed E-state index contributed by atoms with van der Waals surface area (Å²) < 4.78 is 0. The zero-order valence-corrected chi connectivity index (χ0v) is 12.3. The van der Waals surface area contributed by atoms with Gasteiger partial charge in [-0.25, -0.2) is 0 Å². The third-order valence-corrected chi connectivity index (χ3v) is 4.17. The van der Waals surface area contributed by atoms with Crippen molar-refractivity contribution in [1.82, 2.24) is 9.88 Å².